The van der Waals surface area contributed by atoms with Crippen LogP contribution in [0.4, 0.5) is 0 Å². The maximum atomic E-state index is 11.2. The molecule has 0 bridgehead atoms. The molecule has 116 valence electrons. The molecule has 1 heterocycles. The first-order valence-electron chi connectivity index (χ1n) is 7.36. The third-order valence-corrected chi connectivity index (χ3v) is 4.09. The number of nitrogens with zero attached hydrogens (tertiary/aromatic N) is 2. The molecule has 0 amide bonds. The van der Waals surface area contributed by atoms with Gasteiger partial charge in [-0.3, -0.25) is 9.69 Å². The number of piperazine rings is 1. The van der Waals surface area contributed by atoms with Crippen LogP contribution in [0.2, 0.25) is 0 Å². The monoisotopic (exact) mass is 292 g/mol. The Hall–Kier alpha value is -1.59. The van der Waals surface area contributed by atoms with Crippen molar-refractivity contribution in [1.82, 2.24) is 9.80 Å². The highest BCUT2D eigenvalue weighted by Gasteiger charge is 2.24. The molecule has 0 radical (unpaired) electrons. The van der Waals surface area contributed by atoms with E-state index in [-0.39, 0.29) is 12.5 Å². The third kappa shape index (κ3) is 4.72. The first-order chi connectivity index (χ1) is 10.1. The van der Waals surface area contributed by atoms with Crippen LogP contribution in [0.15, 0.2) is 24.3 Å². The van der Waals surface area contributed by atoms with E-state index >= 15 is 0 Å². The average molecular weight is 292 g/mol. The zero-order chi connectivity index (χ0) is 15.2. The Labute approximate surface area is 126 Å². The van der Waals surface area contributed by atoms with Crippen LogP contribution in [0.3, 0.4) is 0 Å². The topological polar surface area (TPSA) is 53.0 Å². The molecule has 2 rings (SSSR count). The number of aliphatic carboxylic acids is 1. The van der Waals surface area contributed by atoms with Crippen LogP contribution >= 0.6 is 0 Å². The molecule has 0 saturated carbocycles. The summed E-state index contributed by atoms with van der Waals surface area (Å²) >= 11 is 0. The van der Waals surface area contributed by atoms with Gasteiger partial charge in [-0.2, -0.15) is 0 Å². The SMILES string of the molecule is COc1ccc(CC(CC(=O)O)N2CCN(C)CC2)cc1. The summed E-state index contributed by atoms with van der Waals surface area (Å²) in [6, 6.07) is 7.95. The number of carbonyl (C=O) groups is 1. The van der Waals surface area contributed by atoms with Crippen LogP contribution in [0, 0.1) is 0 Å². The van der Waals surface area contributed by atoms with Gasteiger partial charge in [0.25, 0.3) is 0 Å². The van der Waals surface area contributed by atoms with E-state index in [2.05, 4.69) is 16.8 Å². The lowest BCUT2D eigenvalue weighted by atomic mass is 10.0. The number of hydrogen-bond acceptors (Lipinski definition) is 4. The number of ether oxygens (including phenoxy) is 1. The van der Waals surface area contributed by atoms with Gasteiger partial charge in [0.05, 0.1) is 13.5 Å². The van der Waals surface area contributed by atoms with E-state index in [4.69, 9.17) is 9.84 Å². The molecule has 1 aromatic carbocycles. The van der Waals surface area contributed by atoms with Crippen LogP contribution in [-0.2, 0) is 11.2 Å². The van der Waals surface area contributed by atoms with E-state index in [9.17, 15) is 4.79 Å². The molecule has 1 aliphatic heterocycles. The molecule has 21 heavy (non-hydrogen) atoms. The highest BCUT2D eigenvalue weighted by Crippen LogP contribution is 2.17. The van der Waals surface area contributed by atoms with E-state index in [0.717, 1.165) is 43.9 Å². The number of likely N-dealkylation sites (N-methyl/N-ethyl adjacent to an activating group) is 1. The Bertz CT molecular complexity index is 453. The van der Waals surface area contributed by atoms with Crippen LogP contribution in [0.1, 0.15) is 12.0 Å². The number of rotatable bonds is 6. The van der Waals surface area contributed by atoms with Crippen LogP contribution in [-0.4, -0.2) is 67.3 Å². The highest BCUT2D eigenvalue weighted by atomic mass is 16.5. The summed E-state index contributed by atoms with van der Waals surface area (Å²) in [6.07, 6.45) is 0.954. The van der Waals surface area contributed by atoms with Gasteiger partial charge >= 0.3 is 5.97 Å². The van der Waals surface area contributed by atoms with E-state index in [0.29, 0.717) is 0 Å². The fourth-order valence-corrected chi connectivity index (χ4v) is 2.75. The molecule has 5 heteroatoms. The van der Waals surface area contributed by atoms with Crippen molar-refractivity contribution in [2.75, 3.05) is 40.3 Å². The highest BCUT2D eigenvalue weighted by molar-refractivity contribution is 5.67. The van der Waals surface area contributed by atoms with Gasteiger partial charge in [-0.25, -0.2) is 0 Å². The lowest BCUT2D eigenvalue weighted by Crippen LogP contribution is -2.50. The summed E-state index contributed by atoms with van der Waals surface area (Å²) in [5.74, 6) is 0.0978. The number of methoxy groups -OCH3 is 1. The van der Waals surface area contributed by atoms with Gasteiger partial charge in [0.1, 0.15) is 5.75 Å². The van der Waals surface area contributed by atoms with Gasteiger partial charge in [-0.15, -0.1) is 0 Å². The summed E-state index contributed by atoms with van der Waals surface area (Å²) in [6.45, 7) is 3.87. The average Bonchev–Trinajstić information content (AvgIpc) is 2.48. The van der Waals surface area contributed by atoms with Gasteiger partial charge < -0.3 is 14.7 Å². The summed E-state index contributed by atoms with van der Waals surface area (Å²) in [5.41, 5.74) is 1.15. The van der Waals surface area contributed by atoms with E-state index in [1.807, 2.05) is 24.3 Å². The third-order valence-electron chi connectivity index (χ3n) is 4.09. The smallest absolute Gasteiger partial charge is 0.304 e. The van der Waals surface area contributed by atoms with Crippen LogP contribution in [0.5, 0.6) is 5.75 Å². The summed E-state index contributed by atoms with van der Waals surface area (Å²) < 4.78 is 5.16. The molecule has 0 aliphatic carbocycles. The fraction of sp³-hybridized carbons (Fsp3) is 0.562. The van der Waals surface area contributed by atoms with E-state index in [1.165, 1.54) is 0 Å². The first-order valence-corrected chi connectivity index (χ1v) is 7.36. The second kappa shape index (κ2) is 7.43. The Kier molecular flexibility index (Phi) is 5.59. The minimum Gasteiger partial charge on any atom is -0.497 e. The predicted octanol–water partition coefficient (Wildman–Crippen LogP) is 1.33. The van der Waals surface area contributed by atoms with Crippen molar-refractivity contribution in [2.24, 2.45) is 0 Å². The molecule has 0 aromatic heterocycles. The van der Waals surface area contributed by atoms with Crippen molar-refractivity contribution in [3.8, 4) is 5.75 Å². The van der Waals surface area contributed by atoms with Crippen molar-refractivity contribution < 1.29 is 14.6 Å². The molecule has 1 aromatic rings. The second-order valence-electron chi connectivity index (χ2n) is 5.64. The maximum absolute atomic E-state index is 11.2. The minimum atomic E-state index is -0.729. The summed E-state index contributed by atoms with van der Waals surface area (Å²) in [4.78, 5) is 15.7. The Morgan fingerprint density at radius 3 is 2.38 bits per heavy atom. The zero-order valence-corrected chi connectivity index (χ0v) is 12.8. The van der Waals surface area contributed by atoms with Gasteiger partial charge in [-0.05, 0) is 31.2 Å². The second-order valence-corrected chi connectivity index (χ2v) is 5.64. The molecule has 0 spiro atoms. The molecule has 1 N–H and O–H groups in total. The molecule has 1 unspecified atom stereocenters. The zero-order valence-electron chi connectivity index (χ0n) is 12.8. The Morgan fingerprint density at radius 1 is 1.24 bits per heavy atom. The minimum absolute atomic E-state index is 0.0598. The molecule has 1 atom stereocenters. The van der Waals surface area contributed by atoms with Gasteiger partial charge in [0.15, 0.2) is 0 Å². The molecule has 1 fully saturated rings. The molecule has 5 nitrogen and oxygen atoms in total. The maximum Gasteiger partial charge on any atom is 0.304 e. The lowest BCUT2D eigenvalue weighted by molar-refractivity contribution is -0.138. The number of hydrogen-bond donors (Lipinski definition) is 1. The van der Waals surface area contributed by atoms with E-state index < -0.39 is 5.97 Å². The van der Waals surface area contributed by atoms with Crippen molar-refractivity contribution in [1.29, 1.82) is 0 Å². The normalized spacial score (nSPS) is 18.4. The first kappa shape index (κ1) is 15.8. The number of carboxylic acid groups (broad SMARTS) is 1. The lowest BCUT2D eigenvalue weighted by Gasteiger charge is -2.37. The van der Waals surface area contributed by atoms with Gasteiger partial charge in [0, 0.05) is 32.2 Å². The van der Waals surface area contributed by atoms with E-state index in [1.54, 1.807) is 7.11 Å². The van der Waals surface area contributed by atoms with Crippen molar-refractivity contribution in [3.05, 3.63) is 29.8 Å². The predicted molar refractivity (Wildman–Crippen MR) is 81.8 cm³/mol. The number of carboxylic acids is 1. The standard InChI is InChI=1S/C16H24N2O3/c1-17-7-9-18(10-8-17)14(12-16(19)20)11-13-3-5-15(21-2)6-4-13/h3-6,14H,7-12H2,1-2H3,(H,19,20). The molecule has 1 aliphatic rings. The van der Waals surface area contributed by atoms with Crippen molar-refractivity contribution in [3.63, 3.8) is 0 Å². The number of benzene rings is 1. The Balaban J connectivity index is 2.02. The quantitative estimate of drug-likeness (QED) is 0.857. The molecular weight excluding hydrogens is 268 g/mol. The summed E-state index contributed by atoms with van der Waals surface area (Å²) in [7, 11) is 3.75. The summed E-state index contributed by atoms with van der Waals surface area (Å²) in [5, 5.41) is 9.17. The van der Waals surface area contributed by atoms with Crippen LogP contribution in [0.25, 0.3) is 0 Å². The van der Waals surface area contributed by atoms with Gasteiger partial charge in [-0.1, -0.05) is 12.1 Å². The largest absolute Gasteiger partial charge is 0.497 e. The van der Waals surface area contributed by atoms with Crippen molar-refractivity contribution >= 4 is 5.97 Å². The van der Waals surface area contributed by atoms with Gasteiger partial charge in [0.2, 0.25) is 0 Å². The molecule has 1 saturated heterocycles. The Morgan fingerprint density at radius 2 is 1.86 bits per heavy atom. The molecular formula is C16H24N2O3. The van der Waals surface area contributed by atoms with Crippen LogP contribution < -0.4 is 4.74 Å². The fourth-order valence-electron chi connectivity index (χ4n) is 2.75. The van der Waals surface area contributed by atoms with Crippen molar-refractivity contribution in [2.45, 2.75) is 18.9 Å².